The van der Waals surface area contributed by atoms with Gasteiger partial charge in [-0.25, -0.2) is 0 Å². The molecule has 2 rings (SSSR count). The first-order valence-corrected chi connectivity index (χ1v) is 6.37. The molecule has 0 radical (unpaired) electrons. The molecule has 0 aliphatic heterocycles. The Balaban J connectivity index is 2.36. The number of aryl methyl sites for hydroxylation is 1. The number of benzene rings is 2. The summed E-state index contributed by atoms with van der Waals surface area (Å²) < 4.78 is 0. The molecule has 0 heterocycles. The molecular weight excluding hydrogens is 240 g/mol. The molecule has 0 aliphatic rings. The zero-order valence-corrected chi connectivity index (χ0v) is 10.9. The summed E-state index contributed by atoms with van der Waals surface area (Å²) in [6, 6.07) is 10.9. The topological polar surface area (TPSA) is 60.7 Å². The summed E-state index contributed by atoms with van der Waals surface area (Å²) in [5.41, 5.74) is 2.89. The van der Waals surface area contributed by atoms with Crippen molar-refractivity contribution >= 4 is 0 Å². The zero-order chi connectivity index (χ0) is 13.8. The van der Waals surface area contributed by atoms with Crippen LogP contribution in [0.4, 0.5) is 0 Å². The van der Waals surface area contributed by atoms with Gasteiger partial charge in [0.1, 0.15) is 11.5 Å². The smallest absolute Gasteiger partial charge is 0.124 e. The average molecular weight is 258 g/mol. The fraction of sp³-hybridized carbons (Fsp3) is 0.250. The lowest BCUT2D eigenvalue weighted by molar-refractivity contribution is 0.275. The van der Waals surface area contributed by atoms with E-state index in [0.717, 1.165) is 17.5 Å². The molecule has 2 aromatic rings. The predicted molar refractivity (Wildman–Crippen MR) is 74.3 cm³/mol. The molecule has 3 N–H and O–H groups in total. The SMILES string of the molecule is CCc1cccc(Cc2cccc(CO)c2O)c1O. The molecule has 0 saturated carbocycles. The Morgan fingerprint density at radius 1 is 0.789 bits per heavy atom. The van der Waals surface area contributed by atoms with E-state index in [2.05, 4.69) is 0 Å². The summed E-state index contributed by atoms with van der Waals surface area (Å²) in [7, 11) is 0. The number of hydrogen-bond acceptors (Lipinski definition) is 3. The van der Waals surface area contributed by atoms with Crippen LogP contribution in [0.1, 0.15) is 29.2 Å². The van der Waals surface area contributed by atoms with Crippen molar-refractivity contribution in [3.8, 4) is 11.5 Å². The molecule has 0 atom stereocenters. The van der Waals surface area contributed by atoms with Gasteiger partial charge in [-0.3, -0.25) is 0 Å². The maximum absolute atomic E-state index is 10.1. The lowest BCUT2D eigenvalue weighted by Gasteiger charge is -2.11. The van der Waals surface area contributed by atoms with Crippen LogP contribution in [0, 0.1) is 0 Å². The molecule has 0 aromatic heterocycles. The Morgan fingerprint density at radius 2 is 1.26 bits per heavy atom. The molecule has 0 fully saturated rings. The van der Waals surface area contributed by atoms with Gasteiger partial charge in [-0.2, -0.15) is 0 Å². The highest BCUT2D eigenvalue weighted by Crippen LogP contribution is 2.30. The highest BCUT2D eigenvalue weighted by atomic mass is 16.3. The maximum Gasteiger partial charge on any atom is 0.124 e. The minimum Gasteiger partial charge on any atom is -0.507 e. The molecule has 0 saturated heterocycles. The minimum atomic E-state index is -0.194. The summed E-state index contributed by atoms with van der Waals surface area (Å²) >= 11 is 0. The average Bonchev–Trinajstić information content (AvgIpc) is 2.43. The fourth-order valence-electron chi connectivity index (χ4n) is 2.19. The molecule has 3 nitrogen and oxygen atoms in total. The largest absolute Gasteiger partial charge is 0.507 e. The molecule has 0 bridgehead atoms. The Hall–Kier alpha value is -2.00. The van der Waals surface area contributed by atoms with Crippen LogP contribution in [-0.2, 0) is 19.4 Å². The zero-order valence-electron chi connectivity index (χ0n) is 10.9. The van der Waals surface area contributed by atoms with Gasteiger partial charge in [0, 0.05) is 12.0 Å². The van der Waals surface area contributed by atoms with Crippen molar-refractivity contribution in [3.05, 3.63) is 58.7 Å². The minimum absolute atomic E-state index is 0.103. The van der Waals surface area contributed by atoms with Crippen LogP contribution in [0.3, 0.4) is 0 Å². The number of phenolic OH excluding ortho intramolecular Hbond substituents is 1. The number of phenols is 2. The van der Waals surface area contributed by atoms with Crippen molar-refractivity contribution < 1.29 is 15.3 Å². The van der Waals surface area contributed by atoms with Gasteiger partial charge < -0.3 is 15.3 Å². The van der Waals surface area contributed by atoms with Gasteiger partial charge in [0.25, 0.3) is 0 Å². The van der Waals surface area contributed by atoms with Crippen molar-refractivity contribution in [2.24, 2.45) is 0 Å². The normalized spacial score (nSPS) is 10.6. The predicted octanol–water partition coefficient (Wildman–Crippen LogP) is 2.74. The van der Waals surface area contributed by atoms with Crippen molar-refractivity contribution in [1.82, 2.24) is 0 Å². The molecule has 3 heteroatoms. The first kappa shape index (κ1) is 13.4. The number of aromatic hydroxyl groups is 2. The molecule has 0 amide bonds. The second-order valence-corrected chi connectivity index (χ2v) is 4.54. The first-order valence-electron chi connectivity index (χ1n) is 6.37. The lowest BCUT2D eigenvalue weighted by Crippen LogP contribution is -1.95. The number of para-hydroxylation sites is 2. The quantitative estimate of drug-likeness (QED) is 0.790. The highest BCUT2D eigenvalue weighted by molar-refractivity contribution is 5.47. The van der Waals surface area contributed by atoms with Crippen molar-refractivity contribution in [2.45, 2.75) is 26.4 Å². The summed E-state index contributed by atoms with van der Waals surface area (Å²) in [6.45, 7) is 1.79. The second-order valence-electron chi connectivity index (χ2n) is 4.54. The van der Waals surface area contributed by atoms with E-state index >= 15 is 0 Å². The van der Waals surface area contributed by atoms with Crippen LogP contribution in [0.5, 0.6) is 11.5 Å². The van der Waals surface area contributed by atoms with Crippen LogP contribution >= 0.6 is 0 Å². The fourth-order valence-corrected chi connectivity index (χ4v) is 2.19. The van der Waals surface area contributed by atoms with Gasteiger partial charge in [0.05, 0.1) is 6.61 Å². The van der Waals surface area contributed by atoms with E-state index in [9.17, 15) is 10.2 Å². The Morgan fingerprint density at radius 3 is 1.79 bits per heavy atom. The number of aliphatic hydroxyl groups is 1. The molecule has 0 aliphatic carbocycles. The van der Waals surface area contributed by atoms with Crippen LogP contribution in [0.25, 0.3) is 0 Å². The summed E-state index contributed by atoms with van der Waals surface area (Å²) in [4.78, 5) is 0. The van der Waals surface area contributed by atoms with Gasteiger partial charge in [-0.05, 0) is 23.1 Å². The van der Waals surface area contributed by atoms with Gasteiger partial charge in [0.15, 0.2) is 0 Å². The van der Waals surface area contributed by atoms with Gasteiger partial charge in [0.2, 0.25) is 0 Å². The van der Waals surface area contributed by atoms with Crippen LogP contribution in [0.2, 0.25) is 0 Å². The van der Waals surface area contributed by atoms with Crippen LogP contribution in [0.15, 0.2) is 36.4 Å². The van der Waals surface area contributed by atoms with E-state index in [0.29, 0.717) is 23.3 Å². The third-order valence-electron chi connectivity index (χ3n) is 3.34. The Bertz CT molecular complexity index is 525. The Labute approximate surface area is 112 Å². The van der Waals surface area contributed by atoms with E-state index in [1.807, 2.05) is 25.1 Å². The summed E-state index contributed by atoms with van der Waals surface area (Å²) in [6.07, 6.45) is 1.21. The molecule has 0 spiro atoms. The van der Waals surface area contributed by atoms with Crippen molar-refractivity contribution in [2.75, 3.05) is 0 Å². The lowest BCUT2D eigenvalue weighted by atomic mass is 9.98. The first-order chi connectivity index (χ1) is 9.17. The van der Waals surface area contributed by atoms with E-state index in [4.69, 9.17) is 5.11 Å². The molecule has 19 heavy (non-hydrogen) atoms. The van der Waals surface area contributed by atoms with Crippen molar-refractivity contribution in [3.63, 3.8) is 0 Å². The molecular formula is C16H18O3. The van der Waals surface area contributed by atoms with Crippen LogP contribution in [-0.4, -0.2) is 15.3 Å². The summed E-state index contributed by atoms with van der Waals surface area (Å²) in [5.74, 6) is 0.394. The maximum atomic E-state index is 10.1. The van der Waals surface area contributed by atoms with E-state index in [1.165, 1.54) is 0 Å². The highest BCUT2D eigenvalue weighted by Gasteiger charge is 2.11. The van der Waals surface area contributed by atoms with Gasteiger partial charge >= 0.3 is 0 Å². The molecule has 100 valence electrons. The van der Waals surface area contributed by atoms with Gasteiger partial charge in [-0.15, -0.1) is 0 Å². The summed E-state index contributed by atoms with van der Waals surface area (Å²) in [5, 5.41) is 29.3. The molecule has 0 unspecified atom stereocenters. The van der Waals surface area contributed by atoms with Crippen LogP contribution < -0.4 is 0 Å². The number of aliphatic hydroxyl groups excluding tert-OH is 1. The molecule has 2 aromatic carbocycles. The third kappa shape index (κ3) is 2.71. The number of rotatable bonds is 4. The number of hydrogen-bond donors (Lipinski definition) is 3. The monoisotopic (exact) mass is 258 g/mol. The van der Waals surface area contributed by atoms with E-state index in [1.54, 1.807) is 18.2 Å². The Kier molecular flexibility index (Phi) is 4.07. The third-order valence-corrected chi connectivity index (χ3v) is 3.34. The second kappa shape index (κ2) is 5.76. The standard InChI is InChI=1S/C16H18O3/c1-2-11-5-3-6-12(15(11)18)9-13-7-4-8-14(10-17)16(13)19/h3-8,17-19H,2,9-10H2,1H3. The van der Waals surface area contributed by atoms with E-state index in [-0.39, 0.29) is 12.4 Å². The van der Waals surface area contributed by atoms with Crippen molar-refractivity contribution in [1.29, 1.82) is 0 Å². The van der Waals surface area contributed by atoms with E-state index < -0.39 is 0 Å². The van der Waals surface area contributed by atoms with Gasteiger partial charge in [-0.1, -0.05) is 43.3 Å².